The lowest BCUT2D eigenvalue weighted by atomic mass is 10.1. The van der Waals surface area contributed by atoms with Crippen LogP contribution < -0.4 is 10.1 Å². The molecule has 0 atom stereocenters. The number of hydrogen-bond donors (Lipinski definition) is 1. The monoisotopic (exact) mass is 486 g/mol. The summed E-state index contributed by atoms with van der Waals surface area (Å²) in [7, 11) is -1.37. The fourth-order valence-electron chi connectivity index (χ4n) is 4.31. The summed E-state index contributed by atoms with van der Waals surface area (Å²) in [6.45, 7) is 4.71. The molecule has 1 aliphatic carbocycles. The van der Waals surface area contributed by atoms with Crippen LogP contribution in [0.25, 0.3) is 21.5 Å². The molecule has 1 aromatic carbocycles. The molecule has 1 saturated heterocycles. The largest absolute Gasteiger partial charge is 0.497 e. The van der Waals surface area contributed by atoms with Crippen LogP contribution in [0, 0.1) is 0 Å². The van der Waals surface area contributed by atoms with Gasteiger partial charge in [-0.3, -0.25) is 0 Å². The average molecular weight is 487 g/mol. The van der Waals surface area contributed by atoms with Gasteiger partial charge in [0.1, 0.15) is 5.75 Å². The minimum absolute atomic E-state index is 0.106. The third kappa shape index (κ3) is 5.01. The number of thiophene rings is 1. The van der Waals surface area contributed by atoms with Crippen LogP contribution in [-0.4, -0.2) is 74.2 Å². The van der Waals surface area contributed by atoms with Crippen LogP contribution in [0.1, 0.15) is 19.3 Å². The lowest BCUT2D eigenvalue weighted by Gasteiger charge is -2.34. The molecule has 0 radical (unpaired) electrons. The van der Waals surface area contributed by atoms with E-state index >= 15 is 0 Å². The summed E-state index contributed by atoms with van der Waals surface area (Å²) in [6, 6.07) is 12.2. The Labute approximate surface area is 199 Å². The fourth-order valence-corrected chi connectivity index (χ4v) is 6.96. The van der Waals surface area contributed by atoms with Crippen molar-refractivity contribution in [1.29, 1.82) is 0 Å². The number of anilines is 1. The Bertz CT molecular complexity index is 1200. The Morgan fingerprint density at radius 1 is 1.12 bits per heavy atom. The first-order chi connectivity index (χ1) is 16.0. The zero-order valence-electron chi connectivity index (χ0n) is 18.9. The van der Waals surface area contributed by atoms with E-state index in [1.54, 1.807) is 22.8 Å². The van der Waals surface area contributed by atoms with Gasteiger partial charge in [-0.2, -0.15) is 4.31 Å². The number of rotatable bonds is 9. The van der Waals surface area contributed by atoms with E-state index in [1.165, 1.54) is 4.70 Å². The molecule has 3 heterocycles. The van der Waals surface area contributed by atoms with Crippen LogP contribution in [0.5, 0.6) is 5.75 Å². The van der Waals surface area contributed by atoms with E-state index < -0.39 is 10.0 Å². The lowest BCUT2D eigenvalue weighted by molar-refractivity contribution is 0.188. The molecule has 9 heteroatoms. The van der Waals surface area contributed by atoms with Gasteiger partial charge >= 0.3 is 0 Å². The van der Waals surface area contributed by atoms with Crippen LogP contribution in [0.2, 0.25) is 0 Å². The highest BCUT2D eigenvalue weighted by Gasteiger charge is 2.40. The number of sulfonamides is 1. The third-order valence-electron chi connectivity index (χ3n) is 6.40. The van der Waals surface area contributed by atoms with Gasteiger partial charge < -0.3 is 15.0 Å². The highest BCUT2D eigenvalue weighted by molar-refractivity contribution is 7.90. The molecule has 0 unspecified atom stereocenters. The number of aromatic nitrogens is 1. The molecule has 2 aliphatic rings. The van der Waals surface area contributed by atoms with Crippen LogP contribution in [-0.2, 0) is 10.0 Å². The quantitative estimate of drug-likeness (QED) is 0.463. The van der Waals surface area contributed by atoms with E-state index in [0.717, 1.165) is 73.7 Å². The summed E-state index contributed by atoms with van der Waals surface area (Å²) in [5.41, 5.74) is 4.12. The first-order valence-corrected chi connectivity index (χ1v) is 13.9. The predicted molar refractivity (Wildman–Crippen MR) is 135 cm³/mol. The standard InChI is InChI=1S/C24H30N4O3S2/c1-31-19-5-3-18(4-6-19)22-17-23(24-21(26-22)9-16-32-24)25-10-2-11-27-12-14-28(15-13-27)33(29,30)20-7-8-20/h3-6,9,16-17,20H,2,7-8,10-15H2,1H3,(H,25,26). The summed E-state index contributed by atoms with van der Waals surface area (Å²) < 4.78 is 33.0. The maximum absolute atomic E-state index is 12.4. The molecule has 1 N–H and O–H groups in total. The molecule has 0 bridgehead atoms. The van der Waals surface area contributed by atoms with Gasteiger partial charge in [0.2, 0.25) is 10.0 Å². The number of pyridine rings is 1. The summed E-state index contributed by atoms with van der Waals surface area (Å²) in [4.78, 5) is 7.21. The minimum atomic E-state index is -3.04. The van der Waals surface area contributed by atoms with E-state index in [9.17, 15) is 8.42 Å². The molecule has 1 aliphatic heterocycles. The van der Waals surface area contributed by atoms with Gasteiger partial charge in [-0.05, 0) is 67.6 Å². The topological polar surface area (TPSA) is 74.8 Å². The third-order valence-corrected chi connectivity index (χ3v) is 9.74. The zero-order chi connectivity index (χ0) is 22.8. The number of fused-ring (bicyclic) bond motifs is 1. The number of benzene rings is 1. The normalized spacial score (nSPS) is 18.0. The van der Waals surface area contributed by atoms with E-state index in [4.69, 9.17) is 9.72 Å². The fraction of sp³-hybridized carbons (Fsp3) is 0.458. The Morgan fingerprint density at radius 2 is 1.88 bits per heavy atom. The second kappa shape index (κ2) is 9.58. The number of ether oxygens (including phenoxy) is 1. The van der Waals surface area contributed by atoms with Crippen molar-refractivity contribution in [2.45, 2.75) is 24.5 Å². The van der Waals surface area contributed by atoms with Crippen LogP contribution in [0.15, 0.2) is 41.8 Å². The molecular formula is C24H30N4O3S2. The molecule has 176 valence electrons. The van der Waals surface area contributed by atoms with Crippen molar-refractivity contribution in [3.8, 4) is 17.0 Å². The first kappa shape index (κ1) is 22.6. The Morgan fingerprint density at radius 3 is 2.58 bits per heavy atom. The van der Waals surface area contributed by atoms with Gasteiger partial charge in [-0.1, -0.05) is 0 Å². The number of piperazine rings is 1. The smallest absolute Gasteiger partial charge is 0.217 e. The van der Waals surface area contributed by atoms with Crippen LogP contribution in [0.3, 0.4) is 0 Å². The molecule has 7 nitrogen and oxygen atoms in total. The lowest BCUT2D eigenvalue weighted by Crippen LogP contribution is -2.49. The van der Waals surface area contributed by atoms with Gasteiger partial charge in [0, 0.05) is 38.3 Å². The maximum atomic E-state index is 12.4. The average Bonchev–Trinajstić information content (AvgIpc) is 3.60. The molecule has 0 amide bonds. The van der Waals surface area contributed by atoms with Crippen molar-refractivity contribution in [2.75, 3.05) is 51.7 Å². The van der Waals surface area contributed by atoms with Gasteiger partial charge in [0.05, 0.1) is 34.0 Å². The van der Waals surface area contributed by atoms with E-state index in [1.807, 2.05) is 24.3 Å². The van der Waals surface area contributed by atoms with Crippen molar-refractivity contribution in [2.24, 2.45) is 0 Å². The molecule has 33 heavy (non-hydrogen) atoms. The van der Waals surface area contributed by atoms with Crippen molar-refractivity contribution in [3.63, 3.8) is 0 Å². The summed E-state index contributed by atoms with van der Waals surface area (Å²) in [5, 5.41) is 5.59. The van der Waals surface area contributed by atoms with Crippen molar-refractivity contribution < 1.29 is 13.2 Å². The van der Waals surface area contributed by atoms with Crippen molar-refractivity contribution in [3.05, 3.63) is 41.8 Å². The van der Waals surface area contributed by atoms with Gasteiger partial charge in [0.25, 0.3) is 0 Å². The van der Waals surface area contributed by atoms with E-state index in [2.05, 4.69) is 27.7 Å². The molecule has 3 aromatic rings. The highest BCUT2D eigenvalue weighted by Crippen LogP contribution is 2.33. The van der Waals surface area contributed by atoms with Gasteiger partial charge in [-0.25, -0.2) is 13.4 Å². The summed E-state index contributed by atoms with van der Waals surface area (Å²) in [6.07, 6.45) is 2.67. The van der Waals surface area contributed by atoms with Crippen LogP contribution >= 0.6 is 11.3 Å². The molecule has 2 aromatic heterocycles. The second-order valence-electron chi connectivity index (χ2n) is 8.68. The SMILES string of the molecule is COc1ccc(-c2cc(NCCCN3CCN(S(=O)(=O)C4CC4)CC3)c3sccc3n2)cc1. The zero-order valence-corrected chi connectivity index (χ0v) is 20.5. The molecule has 5 rings (SSSR count). The molecule has 0 spiro atoms. The number of nitrogens with one attached hydrogen (secondary N) is 1. The Kier molecular flexibility index (Phi) is 6.56. The summed E-state index contributed by atoms with van der Waals surface area (Å²) in [5.74, 6) is 0.833. The molecular weight excluding hydrogens is 456 g/mol. The Hall–Kier alpha value is -2.20. The summed E-state index contributed by atoms with van der Waals surface area (Å²) >= 11 is 1.70. The van der Waals surface area contributed by atoms with E-state index in [-0.39, 0.29) is 5.25 Å². The first-order valence-electron chi connectivity index (χ1n) is 11.5. The molecule has 2 fully saturated rings. The van der Waals surface area contributed by atoms with Gasteiger partial charge in [0.15, 0.2) is 0 Å². The number of nitrogens with zero attached hydrogens (tertiary/aromatic N) is 3. The van der Waals surface area contributed by atoms with Crippen molar-refractivity contribution in [1.82, 2.24) is 14.2 Å². The maximum Gasteiger partial charge on any atom is 0.217 e. The number of methoxy groups -OCH3 is 1. The van der Waals surface area contributed by atoms with Gasteiger partial charge in [-0.15, -0.1) is 11.3 Å². The molecule has 1 saturated carbocycles. The Balaban J connectivity index is 1.17. The van der Waals surface area contributed by atoms with Crippen LogP contribution in [0.4, 0.5) is 5.69 Å². The second-order valence-corrected chi connectivity index (χ2v) is 11.8. The van der Waals surface area contributed by atoms with Crippen molar-refractivity contribution >= 4 is 37.3 Å². The highest BCUT2D eigenvalue weighted by atomic mass is 32.2. The predicted octanol–water partition coefficient (Wildman–Crippen LogP) is 3.88. The number of hydrogen-bond acceptors (Lipinski definition) is 7. The minimum Gasteiger partial charge on any atom is -0.497 e. The van der Waals surface area contributed by atoms with E-state index in [0.29, 0.717) is 13.1 Å².